The van der Waals surface area contributed by atoms with Crippen LogP contribution in [-0.2, 0) is 5.33 Å². The summed E-state index contributed by atoms with van der Waals surface area (Å²) >= 11 is 3.47. The Morgan fingerprint density at radius 3 is 2.08 bits per heavy atom. The second-order valence-electron chi connectivity index (χ2n) is 3.24. The third-order valence-corrected chi connectivity index (χ3v) is 3.17. The summed E-state index contributed by atoms with van der Waals surface area (Å²) in [7, 11) is 0. The number of alkyl halides is 1. The molecule has 0 aliphatic rings. The van der Waals surface area contributed by atoms with Crippen LogP contribution in [0.2, 0.25) is 0 Å². The predicted octanol–water partition coefficient (Wildman–Crippen LogP) is 3.62. The Bertz CT molecular complexity index is 300. The topological polar surface area (TPSA) is 0 Å². The molecule has 0 nitrogen and oxygen atoms in total. The summed E-state index contributed by atoms with van der Waals surface area (Å²) in [5.41, 5.74) is 6.70. The standard InChI is InChI=1S/C11H14Br/c1-7-5-11(6-12)10(4)9(3)8(7)2/h6H2,1-4H3. The molecule has 0 saturated carbocycles. The summed E-state index contributed by atoms with van der Waals surface area (Å²) in [6, 6.07) is 3.39. The fraction of sp³-hybridized carbons (Fsp3) is 0.455. The monoisotopic (exact) mass is 225 g/mol. The van der Waals surface area contributed by atoms with Gasteiger partial charge in [0.15, 0.2) is 0 Å². The zero-order valence-electron chi connectivity index (χ0n) is 8.09. The average Bonchev–Trinajstić information content (AvgIpc) is 2.08. The summed E-state index contributed by atoms with van der Waals surface area (Å²) in [4.78, 5) is 0. The largest absolute Gasteiger partial charge is 0.0876 e. The van der Waals surface area contributed by atoms with E-state index in [1.807, 2.05) is 0 Å². The molecule has 12 heavy (non-hydrogen) atoms. The molecule has 1 heteroatoms. The third kappa shape index (κ3) is 1.56. The van der Waals surface area contributed by atoms with Crippen LogP contribution in [0.3, 0.4) is 0 Å². The van der Waals surface area contributed by atoms with E-state index in [4.69, 9.17) is 0 Å². The molecule has 0 amide bonds. The lowest BCUT2D eigenvalue weighted by molar-refractivity contribution is 1.16. The first-order valence-electron chi connectivity index (χ1n) is 4.12. The van der Waals surface area contributed by atoms with E-state index in [2.05, 4.69) is 49.7 Å². The van der Waals surface area contributed by atoms with Gasteiger partial charge in [0.05, 0.1) is 0 Å². The van der Waals surface area contributed by atoms with Crippen LogP contribution in [-0.4, -0.2) is 0 Å². The molecule has 0 bridgehead atoms. The van der Waals surface area contributed by atoms with E-state index in [1.54, 1.807) is 0 Å². The highest BCUT2D eigenvalue weighted by Gasteiger charge is 2.05. The number of halogens is 1. The molecule has 1 aromatic rings. The van der Waals surface area contributed by atoms with Crippen molar-refractivity contribution in [3.8, 4) is 0 Å². The molecule has 1 aromatic carbocycles. The molecule has 0 aliphatic carbocycles. The fourth-order valence-electron chi connectivity index (χ4n) is 1.34. The average molecular weight is 226 g/mol. The molecular formula is C11H14Br. The van der Waals surface area contributed by atoms with Crippen molar-refractivity contribution in [1.29, 1.82) is 0 Å². The van der Waals surface area contributed by atoms with E-state index < -0.39 is 0 Å². The highest BCUT2D eigenvalue weighted by molar-refractivity contribution is 9.08. The first-order chi connectivity index (χ1) is 5.57. The van der Waals surface area contributed by atoms with E-state index >= 15 is 0 Å². The first kappa shape index (κ1) is 9.79. The lowest BCUT2D eigenvalue weighted by atomic mass is 9.95. The summed E-state index contributed by atoms with van der Waals surface area (Å²) in [5.74, 6) is 0. The van der Waals surface area contributed by atoms with Crippen molar-refractivity contribution in [2.75, 3.05) is 0 Å². The molecular weight excluding hydrogens is 212 g/mol. The highest BCUT2D eigenvalue weighted by atomic mass is 79.9. The number of rotatable bonds is 1. The Hall–Kier alpha value is -0.300. The Balaban J connectivity index is 3.39. The van der Waals surface area contributed by atoms with E-state index in [1.165, 1.54) is 27.8 Å². The van der Waals surface area contributed by atoms with Gasteiger partial charge in [0.25, 0.3) is 0 Å². The first-order valence-corrected chi connectivity index (χ1v) is 5.24. The molecule has 0 heterocycles. The quantitative estimate of drug-likeness (QED) is 0.641. The van der Waals surface area contributed by atoms with E-state index in [-0.39, 0.29) is 0 Å². The summed E-state index contributed by atoms with van der Waals surface area (Å²) in [5, 5.41) is 0.904. The highest BCUT2D eigenvalue weighted by Crippen LogP contribution is 2.21. The van der Waals surface area contributed by atoms with Crippen molar-refractivity contribution >= 4 is 15.9 Å². The molecule has 0 aromatic heterocycles. The molecule has 65 valence electrons. The number of hydrogen-bond donors (Lipinski definition) is 0. The zero-order chi connectivity index (χ0) is 9.30. The second-order valence-corrected chi connectivity index (χ2v) is 3.80. The normalized spacial score (nSPS) is 10.4. The maximum atomic E-state index is 3.47. The Labute approximate surface area is 83.1 Å². The minimum Gasteiger partial charge on any atom is -0.0876 e. The summed E-state index contributed by atoms with van der Waals surface area (Å²) in [6.45, 7) is 8.62. The van der Waals surface area contributed by atoms with Crippen LogP contribution in [0.4, 0.5) is 0 Å². The van der Waals surface area contributed by atoms with Crippen LogP contribution < -0.4 is 0 Å². The van der Waals surface area contributed by atoms with Crippen LogP contribution >= 0.6 is 15.9 Å². The van der Waals surface area contributed by atoms with Crippen molar-refractivity contribution in [3.05, 3.63) is 33.9 Å². The van der Waals surface area contributed by atoms with E-state index in [0.29, 0.717) is 0 Å². The maximum Gasteiger partial charge on any atom is 0.0292 e. The van der Waals surface area contributed by atoms with Gasteiger partial charge in [0.1, 0.15) is 0 Å². The van der Waals surface area contributed by atoms with E-state index in [9.17, 15) is 0 Å². The molecule has 0 N–H and O–H groups in total. The van der Waals surface area contributed by atoms with Gasteiger partial charge in [0, 0.05) is 5.33 Å². The van der Waals surface area contributed by atoms with Crippen molar-refractivity contribution in [2.45, 2.75) is 33.0 Å². The minimum absolute atomic E-state index is 0.904. The molecule has 0 fully saturated rings. The Morgan fingerprint density at radius 1 is 1.00 bits per heavy atom. The van der Waals surface area contributed by atoms with E-state index in [0.717, 1.165) is 5.33 Å². The molecule has 0 saturated heterocycles. The van der Waals surface area contributed by atoms with Crippen LogP contribution in [0.15, 0.2) is 0 Å². The van der Waals surface area contributed by atoms with Crippen molar-refractivity contribution in [3.63, 3.8) is 0 Å². The third-order valence-electron chi connectivity index (χ3n) is 2.61. The second kappa shape index (κ2) is 3.61. The molecule has 0 spiro atoms. The maximum absolute atomic E-state index is 3.47. The summed E-state index contributed by atoms with van der Waals surface area (Å²) in [6.07, 6.45) is 0. The van der Waals surface area contributed by atoms with Crippen molar-refractivity contribution in [1.82, 2.24) is 0 Å². The van der Waals surface area contributed by atoms with Crippen LogP contribution in [0, 0.1) is 33.8 Å². The zero-order valence-corrected chi connectivity index (χ0v) is 9.67. The smallest absolute Gasteiger partial charge is 0.0292 e. The molecule has 1 radical (unpaired) electrons. The van der Waals surface area contributed by atoms with Gasteiger partial charge in [-0.05, 0) is 61.6 Å². The predicted molar refractivity (Wildman–Crippen MR) is 56.9 cm³/mol. The Kier molecular flexibility index (Phi) is 2.94. The van der Waals surface area contributed by atoms with Gasteiger partial charge in [0.2, 0.25) is 0 Å². The van der Waals surface area contributed by atoms with Crippen LogP contribution in [0.5, 0.6) is 0 Å². The molecule has 0 unspecified atom stereocenters. The van der Waals surface area contributed by atoms with Crippen molar-refractivity contribution in [2.24, 2.45) is 0 Å². The minimum atomic E-state index is 0.904. The number of aryl methyl sites for hydroxylation is 1. The van der Waals surface area contributed by atoms with Gasteiger partial charge in [-0.25, -0.2) is 0 Å². The summed E-state index contributed by atoms with van der Waals surface area (Å²) < 4.78 is 0. The van der Waals surface area contributed by atoms with Crippen LogP contribution in [0.1, 0.15) is 27.8 Å². The Morgan fingerprint density at radius 2 is 1.58 bits per heavy atom. The molecule has 0 atom stereocenters. The van der Waals surface area contributed by atoms with Crippen LogP contribution in [0.25, 0.3) is 0 Å². The van der Waals surface area contributed by atoms with Gasteiger partial charge in [-0.2, -0.15) is 0 Å². The fourth-order valence-corrected chi connectivity index (χ4v) is 1.90. The van der Waals surface area contributed by atoms with Gasteiger partial charge in [-0.3, -0.25) is 0 Å². The number of benzene rings is 1. The molecule has 0 aliphatic heterocycles. The van der Waals surface area contributed by atoms with Crippen molar-refractivity contribution < 1.29 is 0 Å². The van der Waals surface area contributed by atoms with Gasteiger partial charge in [-0.15, -0.1) is 0 Å². The van der Waals surface area contributed by atoms with Gasteiger partial charge >= 0.3 is 0 Å². The van der Waals surface area contributed by atoms with Gasteiger partial charge in [-0.1, -0.05) is 15.9 Å². The SMILES string of the molecule is Cc1[c]c(CBr)c(C)c(C)c1C. The van der Waals surface area contributed by atoms with Gasteiger partial charge < -0.3 is 0 Å². The lowest BCUT2D eigenvalue weighted by Crippen LogP contribution is -1.96. The lowest BCUT2D eigenvalue weighted by Gasteiger charge is -2.11. The molecule has 1 rings (SSSR count). The number of hydrogen-bond acceptors (Lipinski definition) is 0.